The molecule has 1 aromatic carbocycles. The average Bonchev–Trinajstić information content (AvgIpc) is 2.70. The molecule has 1 aliphatic rings. The fourth-order valence-corrected chi connectivity index (χ4v) is 2.92. The zero-order chi connectivity index (χ0) is 15.6. The van der Waals surface area contributed by atoms with Gasteiger partial charge in [-0.2, -0.15) is 13.2 Å². The molecule has 114 valence electrons. The van der Waals surface area contributed by atoms with Gasteiger partial charge in [0.2, 0.25) is 11.8 Å². The monoisotopic (exact) mass is 319 g/mol. The lowest BCUT2D eigenvalue weighted by molar-refractivity contribution is -0.137. The van der Waals surface area contributed by atoms with Crippen LogP contribution in [0.2, 0.25) is 0 Å². The first-order valence-electron chi connectivity index (χ1n) is 6.11. The molecule has 1 saturated heterocycles. The number of rotatable bonds is 4. The molecule has 1 N–H and O–H groups in total. The largest absolute Gasteiger partial charge is 0.416 e. The Morgan fingerprint density at radius 2 is 2.05 bits per heavy atom. The Morgan fingerprint density at radius 3 is 2.67 bits per heavy atom. The maximum absolute atomic E-state index is 12.7. The van der Waals surface area contributed by atoms with Gasteiger partial charge in [0.25, 0.3) is 0 Å². The van der Waals surface area contributed by atoms with Crippen LogP contribution in [-0.2, 0) is 15.8 Å². The molecule has 1 atom stereocenters. The molecule has 2 rings (SSSR count). The molecular weight excluding hydrogens is 307 g/mol. The Labute approximate surface area is 122 Å². The van der Waals surface area contributed by atoms with E-state index in [-0.39, 0.29) is 18.7 Å². The Balaban J connectivity index is 2.26. The molecule has 0 unspecified atom stereocenters. The lowest BCUT2D eigenvalue weighted by Crippen LogP contribution is -2.31. The molecular formula is C13H12F3NO3S. The predicted molar refractivity (Wildman–Crippen MR) is 71.9 cm³/mol. The van der Waals surface area contributed by atoms with E-state index in [0.717, 1.165) is 34.9 Å². The SMILES string of the molecule is O=C1C[C@H](SCCO)C(=O)N1c1cccc(C(F)(F)F)c1. The molecule has 1 heterocycles. The van der Waals surface area contributed by atoms with Crippen molar-refractivity contribution in [3.63, 3.8) is 0 Å². The van der Waals surface area contributed by atoms with Crippen LogP contribution in [0, 0.1) is 0 Å². The number of thioether (sulfide) groups is 1. The minimum Gasteiger partial charge on any atom is -0.396 e. The van der Waals surface area contributed by atoms with Gasteiger partial charge in [0, 0.05) is 12.2 Å². The molecule has 1 aliphatic heterocycles. The van der Waals surface area contributed by atoms with Crippen molar-refractivity contribution >= 4 is 29.3 Å². The fourth-order valence-electron chi connectivity index (χ4n) is 2.02. The molecule has 4 nitrogen and oxygen atoms in total. The number of imide groups is 1. The molecule has 0 aliphatic carbocycles. The number of aliphatic hydroxyl groups excluding tert-OH is 1. The molecule has 1 fully saturated rings. The van der Waals surface area contributed by atoms with Crippen LogP contribution in [0.3, 0.4) is 0 Å². The number of hydrogen-bond acceptors (Lipinski definition) is 4. The summed E-state index contributed by atoms with van der Waals surface area (Å²) in [6, 6.07) is 4.12. The number of nitrogens with zero attached hydrogens (tertiary/aromatic N) is 1. The first-order valence-corrected chi connectivity index (χ1v) is 7.16. The van der Waals surface area contributed by atoms with Crippen LogP contribution in [0.1, 0.15) is 12.0 Å². The van der Waals surface area contributed by atoms with Gasteiger partial charge in [-0.1, -0.05) is 6.07 Å². The van der Waals surface area contributed by atoms with Crippen LogP contribution in [0.15, 0.2) is 24.3 Å². The molecule has 8 heteroatoms. The van der Waals surface area contributed by atoms with Crippen molar-refractivity contribution in [3.05, 3.63) is 29.8 Å². The highest BCUT2D eigenvalue weighted by atomic mass is 32.2. The zero-order valence-electron chi connectivity index (χ0n) is 10.8. The highest BCUT2D eigenvalue weighted by molar-refractivity contribution is 8.00. The van der Waals surface area contributed by atoms with Crippen molar-refractivity contribution < 1.29 is 27.9 Å². The number of alkyl halides is 3. The minimum absolute atomic E-state index is 0.0697. The first-order chi connectivity index (χ1) is 9.84. The van der Waals surface area contributed by atoms with Gasteiger partial charge in [0.1, 0.15) is 0 Å². The van der Waals surface area contributed by atoms with Gasteiger partial charge in [0.05, 0.1) is 23.1 Å². The third-order valence-corrected chi connectivity index (χ3v) is 4.14. The van der Waals surface area contributed by atoms with Crippen LogP contribution in [0.25, 0.3) is 0 Å². The van der Waals surface area contributed by atoms with Gasteiger partial charge in [0.15, 0.2) is 0 Å². The molecule has 0 aromatic heterocycles. The summed E-state index contributed by atoms with van der Waals surface area (Å²) in [5.74, 6) is -0.785. The second-order valence-corrected chi connectivity index (χ2v) is 5.71. The summed E-state index contributed by atoms with van der Waals surface area (Å²) in [7, 11) is 0. The Hall–Kier alpha value is -1.54. The molecule has 0 radical (unpaired) electrons. The van der Waals surface area contributed by atoms with E-state index in [1.54, 1.807) is 0 Å². The van der Waals surface area contributed by atoms with Crippen LogP contribution in [0.5, 0.6) is 0 Å². The van der Waals surface area contributed by atoms with E-state index < -0.39 is 28.8 Å². The first kappa shape index (κ1) is 15.8. The van der Waals surface area contributed by atoms with Gasteiger partial charge < -0.3 is 5.11 Å². The number of hydrogen-bond donors (Lipinski definition) is 1. The Morgan fingerprint density at radius 1 is 1.33 bits per heavy atom. The Bertz CT molecular complexity index is 562. The Kier molecular flexibility index (Phi) is 4.58. The highest BCUT2D eigenvalue weighted by Crippen LogP contribution is 2.34. The summed E-state index contributed by atoms with van der Waals surface area (Å²) in [4.78, 5) is 24.8. The summed E-state index contributed by atoms with van der Waals surface area (Å²) in [6.07, 6.45) is -4.60. The second kappa shape index (κ2) is 6.07. The number of halogens is 3. The van der Waals surface area contributed by atoms with Crippen molar-refractivity contribution in [2.24, 2.45) is 0 Å². The van der Waals surface area contributed by atoms with Crippen molar-refractivity contribution in [2.75, 3.05) is 17.3 Å². The average molecular weight is 319 g/mol. The van der Waals surface area contributed by atoms with E-state index in [1.165, 1.54) is 6.07 Å². The number of aliphatic hydroxyl groups is 1. The smallest absolute Gasteiger partial charge is 0.396 e. The van der Waals surface area contributed by atoms with Crippen molar-refractivity contribution in [1.82, 2.24) is 0 Å². The third kappa shape index (κ3) is 3.38. The topological polar surface area (TPSA) is 57.6 Å². The second-order valence-electron chi connectivity index (χ2n) is 4.40. The summed E-state index contributed by atoms with van der Waals surface area (Å²) in [6.45, 7) is -0.133. The molecule has 0 bridgehead atoms. The van der Waals surface area contributed by atoms with Gasteiger partial charge >= 0.3 is 6.18 Å². The quantitative estimate of drug-likeness (QED) is 0.863. The van der Waals surface area contributed by atoms with Gasteiger partial charge in [-0.3, -0.25) is 9.59 Å². The van der Waals surface area contributed by atoms with Gasteiger partial charge in [-0.05, 0) is 18.2 Å². The van der Waals surface area contributed by atoms with Gasteiger partial charge in [-0.25, -0.2) is 4.90 Å². The van der Waals surface area contributed by atoms with E-state index >= 15 is 0 Å². The van der Waals surface area contributed by atoms with Crippen LogP contribution in [0.4, 0.5) is 18.9 Å². The van der Waals surface area contributed by atoms with Crippen LogP contribution < -0.4 is 4.90 Å². The maximum Gasteiger partial charge on any atom is 0.416 e. The molecule has 0 spiro atoms. The zero-order valence-corrected chi connectivity index (χ0v) is 11.6. The minimum atomic E-state index is -4.53. The van der Waals surface area contributed by atoms with Crippen molar-refractivity contribution in [1.29, 1.82) is 0 Å². The van der Waals surface area contributed by atoms with E-state index in [2.05, 4.69) is 0 Å². The maximum atomic E-state index is 12.7. The number of carbonyl (C=O) groups excluding carboxylic acids is 2. The summed E-state index contributed by atoms with van der Waals surface area (Å²) in [5, 5.41) is 8.08. The lowest BCUT2D eigenvalue weighted by Gasteiger charge is -2.16. The number of amides is 2. The third-order valence-electron chi connectivity index (χ3n) is 2.95. The summed E-state index contributed by atoms with van der Waals surface area (Å²) in [5.41, 5.74) is -0.987. The number of anilines is 1. The van der Waals surface area contributed by atoms with Crippen molar-refractivity contribution in [2.45, 2.75) is 17.8 Å². The van der Waals surface area contributed by atoms with Crippen LogP contribution >= 0.6 is 11.8 Å². The van der Waals surface area contributed by atoms with E-state index in [1.807, 2.05) is 0 Å². The normalized spacial score (nSPS) is 19.4. The highest BCUT2D eigenvalue weighted by Gasteiger charge is 2.40. The molecule has 21 heavy (non-hydrogen) atoms. The molecule has 0 saturated carbocycles. The summed E-state index contributed by atoms with van der Waals surface area (Å²) < 4.78 is 38.0. The number of carbonyl (C=O) groups is 2. The standard InChI is InChI=1S/C13H12F3NO3S/c14-13(15,16)8-2-1-3-9(6-8)17-11(19)7-10(12(17)20)21-5-4-18/h1-3,6,10,18H,4-5,7H2/t10-/m0/s1. The van der Waals surface area contributed by atoms with E-state index in [9.17, 15) is 22.8 Å². The van der Waals surface area contributed by atoms with E-state index in [0.29, 0.717) is 5.75 Å². The fraction of sp³-hybridized carbons (Fsp3) is 0.385. The van der Waals surface area contributed by atoms with Gasteiger partial charge in [-0.15, -0.1) is 11.8 Å². The molecule has 2 amide bonds. The summed E-state index contributed by atoms with van der Waals surface area (Å²) >= 11 is 1.12. The molecule has 1 aromatic rings. The van der Waals surface area contributed by atoms with Crippen LogP contribution in [-0.4, -0.2) is 34.5 Å². The van der Waals surface area contributed by atoms with Crippen molar-refractivity contribution in [3.8, 4) is 0 Å². The lowest BCUT2D eigenvalue weighted by atomic mass is 10.2. The van der Waals surface area contributed by atoms with E-state index in [4.69, 9.17) is 5.11 Å². The number of benzene rings is 1. The predicted octanol–water partition coefficient (Wildman–Crippen LogP) is 2.06.